The third kappa shape index (κ3) is 2.25. The fourth-order valence-electron chi connectivity index (χ4n) is 1.69. The van der Waals surface area contributed by atoms with Crippen molar-refractivity contribution in [2.75, 3.05) is 12.1 Å². The summed E-state index contributed by atoms with van der Waals surface area (Å²) in [6.45, 7) is 1.07. The SMILES string of the molecule is Brc1cc(CNc2ccsc2)cc2c1OCO2. The van der Waals surface area contributed by atoms with Crippen LogP contribution in [0.4, 0.5) is 5.69 Å². The normalized spacial score (nSPS) is 12.8. The monoisotopic (exact) mass is 311 g/mol. The Bertz CT molecular complexity index is 528. The second-order valence-corrected chi connectivity index (χ2v) is 5.31. The van der Waals surface area contributed by atoms with Gasteiger partial charge >= 0.3 is 0 Å². The topological polar surface area (TPSA) is 30.5 Å². The van der Waals surface area contributed by atoms with Gasteiger partial charge in [0, 0.05) is 17.6 Å². The lowest BCUT2D eigenvalue weighted by atomic mass is 10.2. The average Bonchev–Trinajstić information content (AvgIpc) is 2.97. The van der Waals surface area contributed by atoms with Crippen LogP contribution in [0.2, 0.25) is 0 Å². The molecule has 88 valence electrons. The Balaban J connectivity index is 1.78. The number of rotatable bonds is 3. The number of hydrogen-bond acceptors (Lipinski definition) is 4. The molecule has 3 rings (SSSR count). The van der Waals surface area contributed by atoms with Crippen molar-refractivity contribution < 1.29 is 9.47 Å². The van der Waals surface area contributed by atoms with Gasteiger partial charge in [0.2, 0.25) is 6.79 Å². The molecule has 3 nitrogen and oxygen atoms in total. The van der Waals surface area contributed by atoms with Gasteiger partial charge in [-0.05, 0) is 45.1 Å². The first kappa shape index (κ1) is 10.9. The summed E-state index contributed by atoms with van der Waals surface area (Å²) in [4.78, 5) is 0. The Morgan fingerprint density at radius 1 is 1.35 bits per heavy atom. The summed E-state index contributed by atoms with van der Waals surface area (Å²) in [5.74, 6) is 1.60. The van der Waals surface area contributed by atoms with Crippen LogP contribution in [-0.4, -0.2) is 6.79 Å². The number of hydrogen-bond donors (Lipinski definition) is 1. The molecule has 5 heteroatoms. The van der Waals surface area contributed by atoms with Gasteiger partial charge in [-0.2, -0.15) is 11.3 Å². The molecule has 1 aliphatic rings. The highest BCUT2D eigenvalue weighted by Gasteiger charge is 2.17. The molecular weight excluding hydrogens is 302 g/mol. The maximum absolute atomic E-state index is 5.38. The number of thiophene rings is 1. The molecule has 0 saturated heterocycles. The van der Waals surface area contributed by atoms with E-state index >= 15 is 0 Å². The Morgan fingerprint density at radius 3 is 3.12 bits per heavy atom. The molecule has 1 aromatic carbocycles. The van der Waals surface area contributed by atoms with Crippen LogP contribution in [-0.2, 0) is 6.54 Å². The van der Waals surface area contributed by atoms with Crippen LogP contribution in [0.5, 0.6) is 11.5 Å². The van der Waals surface area contributed by atoms with Crippen molar-refractivity contribution in [2.24, 2.45) is 0 Å². The highest BCUT2D eigenvalue weighted by molar-refractivity contribution is 9.10. The van der Waals surface area contributed by atoms with Crippen LogP contribution in [0.15, 0.2) is 33.4 Å². The van der Waals surface area contributed by atoms with Crippen molar-refractivity contribution in [1.29, 1.82) is 0 Å². The van der Waals surface area contributed by atoms with Crippen LogP contribution in [0.1, 0.15) is 5.56 Å². The van der Waals surface area contributed by atoms with E-state index in [1.165, 1.54) is 0 Å². The molecule has 0 unspecified atom stereocenters. The zero-order chi connectivity index (χ0) is 11.7. The average molecular weight is 312 g/mol. The van der Waals surface area contributed by atoms with Gasteiger partial charge in [0.25, 0.3) is 0 Å². The molecule has 0 amide bonds. The molecule has 0 bridgehead atoms. The number of fused-ring (bicyclic) bond motifs is 1. The van der Waals surface area contributed by atoms with Gasteiger partial charge in [-0.25, -0.2) is 0 Å². The van der Waals surface area contributed by atoms with E-state index in [0.29, 0.717) is 6.79 Å². The molecule has 1 N–H and O–H groups in total. The Morgan fingerprint density at radius 2 is 2.29 bits per heavy atom. The second kappa shape index (κ2) is 4.58. The fourth-order valence-corrected chi connectivity index (χ4v) is 2.91. The van der Waals surface area contributed by atoms with Crippen molar-refractivity contribution in [1.82, 2.24) is 0 Å². The van der Waals surface area contributed by atoms with E-state index in [-0.39, 0.29) is 0 Å². The molecule has 17 heavy (non-hydrogen) atoms. The lowest BCUT2D eigenvalue weighted by molar-refractivity contribution is 0.173. The first-order chi connectivity index (χ1) is 8.33. The van der Waals surface area contributed by atoms with Crippen molar-refractivity contribution in [2.45, 2.75) is 6.54 Å². The zero-order valence-electron chi connectivity index (χ0n) is 8.90. The molecule has 0 aliphatic carbocycles. The Hall–Kier alpha value is -1.20. The first-order valence-corrected chi connectivity index (χ1v) is 6.90. The molecule has 1 aromatic heterocycles. The first-order valence-electron chi connectivity index (χ1n) is 5.17. The van der Waals surface area contributed by atoms with Crippen LogP contribution in [0.3, 0.4) is 0 Å². The van der Waals surface area contributed by atoms with E-state index in [4.69, 9.17) is 9.47 Å². The number of nitrogens with one attached hydrogen (secondary N) is 1. The van der Waals surface area contributed by atoms with E-state index < -0.39 is 0 Å². The summed E-state index contributed by atoms with van der Waals surface area (Å²) in [6.07, 6.45) is 0. The van der Waals surface area contributed by atoms with Crippen molar-refractivity contribution in [3.8, 4) is 11.5 Å². The van der Waals surface area contributed by atoms with Gasteiger partial charge in [0.05, 0.1) is 4.47 Å². The molecule has 1 aliphatic heterocycles. The van der Waals surface area contributed by atoms with E-state index in [2.05, 4.69) is 38.1 Å². The molecule has 0 fully saturated rings. The lowest BCUT2D eigenvalue weighted by Gasteiger charge is -2.06. The number of ether oxygens (including phenoxy) is 2. The largest absolute Gasteiger partial charge is 0.454 e. The minimum atomic E-state index is 0.301. The van der Waals surface area contributed by atoms with Crippen molar-refractivity contribution in [3.05, 3.63) is 39.0 Å². The Labute approximate surface area is 111 Å². The number of anilines is 1. The second-order valence-electron chi connectivity index (χ2n) is 3.68. The van der Waals surface area contributed by atoms with E-state index in [0.717, 1.165) is 33.8 Å². The van der Waals surface area contributed by atoms with Gasteiger partial charge < -0.3 is 14.8 Å². The summed E-state index contributed by atoms with van der Waals surface area (Å²) in [5.41, 5.74) is 2.30. The standard InChI is InChI=1S/C12H10BrNO2S/c13-10-3-8(4-11-12(10)16-7-15-11)5-14-9-1-2-17-6-9/h1-4,6,14H,5,7H2. The van der Waals surface area contributed by atoms with Gasteiger partial charge in [-0.1, -0.05) is 0 Å². The zero-order valence-corrected chi connectivity index (χ0v) is 11.3. The molecular formula is C12H10BrNO2S. The summed E-state index contributed by atoms with van der Waals surface area (Å²) >= 11 is 5.17. The molecule has 2 heterocycles. The third-order valence-corrected chi connectivity index (χ3v) is 3.78. The van der Waals surface area contributed by atoms with Crippen molar-refractivity contribution in [3.63, 3.8) is 0 Å². The van der Waals surface area contributed by atoms with Gasteiger partial charge in [-0.3, -0.25) is 0 Å². The molecule has 0 spiro atoms. The van der Waals surface area contributed by atoms with Crippen molar-refractivity contribution >= 4 is 33.0 Å². The van der Waals surface area contributed by atoms with Gasteiger partial charge in [-0.15, -0.1) is 0 Å². The van der Waals surface area contributed by atoms with Crippen LogP contribution >= 0.6 is 27.3 Å². The van der Waals surface area contributed by atoms with Crippen LogP contribution < -0.4 is 14.8 Å². The minimum Gasteiger partial charge on any atom is -0.454 e. The third-order valence-electron chi connectivity index (χ3n) is 2.50. The van der Waals surface area contributed by atoms with Gasteiger partial charge in [0.1, 0.15) is 0 Å². The smallest absolute Gasteiger partial charge is 0.231 e. The fraction of sp³-hybridized carbons (Fsp3) is 0.167. The summed E-state index contributed by atoms with van der Waals surface area (Å²) in [5, 5.41) is 7.49. The number of benzene rings is 1. The predicted octanol–water partition coefficient (Wildman–Crippen LogP) is 3.85. The maximum Gasteiger partial charge on any atom is 0.231 e. The minimum absolute atomic E-state index is 0.301. The highest BCUT2D eigenvalue weighted by atomic mass is 79.9. The van der Waals surface area contributed by atoms with Gasteiger partial charge in [0.15, 0.2) is 11.5 Å². The summed E-state index contributed by atoms with van der Waals surface area (Å²) < 4.78 is 11.7. The highest BCUT2D eigenvalue weighted by Crippen LogP contribution is 2.40. The van der Waals surface area contributed by atoms with E-state index in [9.17, 15) is 0 Å². The van der Waals surface area contributed by atoms with Crippen LogP contribution in [0.25, 0.3) is 0 Å². The number of halogens is 1. The lowest BCUT2D eigenvalue weighted by Crippen LogP contribution is -1.98. The molecule has 2 aromatic rings. The molecule has 0 saturated carbocycles. The quantitative estimate of drug-likeness (QED) is 0.934. The van der Waals surface area contributed by atoms with Crippen LogP contribution in [0, 0.1) is 0 Å². The molecule has 0 radical (unpaired) electrons. The Kier molecular flexibility index (Phi) is 2.94. The summed E-state index contributed by atoms with van der Waals surface area (Å²) in [6, 6.07) is 6.12. The van der Waals surface area contributed by atoms with E-state index in [1.54, 1.807) is 11.3 Å². The predicted molar refractivity (Wildman–Crippen MR) is 71.9 cm³/mol. The molecule has 0 atom stereocenters. The van der Waals surface area contributed by atoms with E-state index in [1.807, 2.05) is 12.1 Å². The summed E-state index contributed by atoms with van der Waals surface area (Å²) in [7, 11) is 0. The maximum atomic E-state index is 5.38.